The molecule has 108 valence electrons. The minimum atomic E-state index is 0.478. The van der Waals surface area contributed by atoms with Crippen molar-refractivity contribution >= 4 is 11.0 Å². The van der Waals surface area contributed by atoms with Gasteiger partial charge in [0.1, 0.15) is 18.2 Å². The van der Waals surface area contributed by atoms with E-state index in [9.17, 15) is 0 Å². The number of rotatable bonds is 4. The Morgan fingerprint density at radius 2 is 1.76 bits per heavy atom. The number of hydrogen-bond acceptors (Lipinski definition) is 2. The third-order valence-corrected chi connectivity index (χ3v) is 3.79. The van der Waals surface area contributed by atoms with Gasteiger partial charge in [-0.2, -0.15) is 0 Å². The average molecular weight is 280 g/mol. The molecule has 0 aliphatic heterocycles. The molecule has 1 aromatic heterocycles. The van der Waals surface area contributed by atoms with Gasteiger partial charge in [-0.3, -0.25) is 0 Å². The number of ether oxygens (including phenoxy) is 1. The number of para-hydroxylation sites is 2. The molecule has 0 bridgehead atoms. The van der Waals surface area contributed by atoms with Crippen LogP contribution in [-0.4, -0.2) is 9.55 Å². The maximum absolute atomic E-state index is 5.85. The van der Waals surface area contributed by atoms with Crippen molar-refractivity contribution in [3.05, 3.63) is 59.9 Å². The Balaban J connectivity index is 1.75. The highest BCUT2D eigenvalue weighted by atomic mass is 16.5. The second-order valence-electron chi connectivity index (χ2n) is 5.59. The third-order valence-electron chi connectivity index (χ3n) is 3.79. The molecule has 0 radical (unpaired) electrons. The highest BCUT2D eigenvalue weighted by Gasteiger charge is 2.07. The number of benzene rings is 2. The standard InChI is InChI=1S/C18H20N2O/c1-13(2)14-8-10-15(11-9-14)21-12-18-19-16-6-4-5-7-17(16)20(18)3/h4-11,13H,12H2,1-3H3. The van der Waals surface area contributed by atoms with Crippen molar-refractivity contribution in [2.75, 3.05) is 0 Å². The molecular formula is C18H20N2O. The molecule has 3 rings (SSSR count). The summed E-state index contributed by atoms with van der Waals surface area (Å²) < 4.78 is 7.94. The van der Waals surface area contributed by atoms with E-state index in [0.717, 1.165) is 22.6 Å². The second-order valence-corrected chi connectivity index (χ2v) is 5.59. The molecule has 0 amide bonds. The molecule has 0 N–H and O–H groups in total. The van der Waals surface area contributed by atoms with Gasteiger partial charge in [-0.15, -0.1) is 0 Å². The van der Waals surface area contributed by atoms with Crippen LogP contribution in [0.4, 0.5) is 0 Å². The Labute approximate surface area is 125 Å². The van der Waals surface area contributed by atoms with Gasteiger partial charge in [0, 0.05) is 7.05 Å². The maximum Gasteiger partial charge on any atom is 0.147 e. The first-order valence-corrected chi connectivity index (χ1v) is 7.28. The summed E-state index contributed by atoms with van der Waals surface area (Å²) in [7, 11) is 2.02. The fraction of sp³-hybridized carbons (Fsp3) is 0.278. The van der Waals surface area contributed by atoms with Gasteiger partial charge in [-0.1, -0.05) is 38.1 Å². The van der Waals surface area contributed by atoms with Crippen LogP contribution in [0.3, 0.4) is 0 Å². The molecule has 3 aromatic rings. The molecule has 2 aromatic carbocycles. The lowest BCUT2D eigenvalue weighted by atomic mass is 10.0. The molecule has 0 saturated heterocycles. The summed E-state index contributed by atoms with van der Waals surface area (Å²) in [4.78, 5) is 4.61. The summed E-state index contributed by atoms with van der Waals surface area (Å²) in [6, 6.07) is 16.4. The predicted octanol–water partition coefficient (Wildman–Crippen LogP) is 4.28. The summed E-state index contributed by atoms with van der Waals surface area (Å²) in [5.41, 5.74) is 3.46. The topological polar surface area (TPSA) is 27.1 Å². The molecule has 0 unspecified atom stereocenters. The molecule has 0 saturated carbocycles. The molecule has 0 atom stereocenters. The molecular weight excluding hydrogens is 260 g/mol. The normalized spacial score (nSPS) is 11.2. The number of imidazole rings is 1. The van der Waals surface area contributed by atoms with Gasteiger partial charge in [-0.25, -0.2) is 4.98 Å². The minimum Gasteiger partial charge on any atom is -0.486 e. The van der Waals surface area contributed by atoms with E-state index in [1.165, 1.54) is 5.56 Å². The first-order valence-electron chi connectivity index (χ1n) is 7.28. The fourth-order valence-corrected chi connectivity index (χ4v) is 2.42. The summed E-state index contributed by atoms with van der Waals surface area (Å²) in [6.07, 6.45) is 0. The quantitative estimate of drug-likeness (QED) is 0.713. The van der Waals surface area contributed by atoms with Crippen LogP contribution in [0.25, 0.3) is 11.0 Å². The van der Waals surface area contributed by atoms with Gasteiger partial charge in [-0.05, 0) is 35.7 Å². The van der Waals surface area contributed by atoms with Crippen molar-refractivity contribution in [2.45, 2.75) is 26.4 Å². The van der Waals surface area contributed by atoms with E-state index in [0.29, 0.717) is 12.5 Å². The van der Waals surface area contributed by atoms with E-state index < -0.39 is 0 Å². The number of fused-ring (bicyclic) bond motifs is 1. The van der Waals surface area contributed by atoms with E-state index in [1.54, 1.807) is 0 Å². The molecule has 3 heteroatoms. The SMILES string of the molecule is CC(C)c1ccc(OCc2nc3ccccc3n2C)cc1. The Hall–Kier alpha value is -2.29. The largest absolute Gasteiger partial charge is 0.486 e. The van der Waals surface area contributed by atoms with Gasteiger partial charge in [0.2, 0.25) is 0 Å². The fourth-order valence-electron chi connectivity index (χ4n) is 2.42. The van der Waals surface area contributed by atoms with Crippen LogP contribution in [-0.2, 0) is 13.7 Å². The highest BCUT2D eigenvalue weighted by Crippen LogP contribution is 2.20. The minimum absolute atomic E-state index is 0.478. The zero-order chi connectivity index (χ0) is 14.8. The van der Waals surface area contributed by atoms with Gasteiger partial charge >= 0.3 is 0 Å². The zero-order valence-electron chi connectivity index (χ0n) is 12.7. The van der Waals surface area contributed by atoms with Gasteiger partial charge < -0.3 is 9.30 Å². The average Bonchev–Trinajstić information content (AvgIpc) is 2.82. The number of hydrogen-bond donors (Lipinski definition) is 0. The Morgan fingerprint density at radius 1 is 1.05 bits per heavy atom. The summed E-state index contributed by atoms with van der Waals surface area (Å²) in [5.74, 6) is 2.36. The molecule has 1 heterocycles. The number of aryl methyl sites for hydroxylation is 1. The Kier molecular flexibility index (Phi) is 3.65. The summed E-state index contributed by atoms with van der Waals surface area (Å²) in [5, 5.41) is 0. The van der Waals surface area contributed by atoms with Crippen LogP contribution in [0.5, 0.6) is 5.75 Å². The van der Waals surface area contributed by atoms with Crippen molar-refractivity contribution in [1.82, 2.24) is 9.55 Å². The first-order chi connectivity index (χ1) is 10.1. The van der Waals surface area contributed by atoms with Gasteiger partial charge in [0.25, 0.3) is 0 Å². The molecule has 0 aliphatic rings. The van der Waals surface area contributed by atoms with E-state index in [2.05, 4.69) is 41.6 Å². The molecule has 3 nitrogen and oxygen atoms in total. The van der Waals surface area contributed by atoms with Crippen LogP contribution < -0.4 is 4.74 Å². The van der Waals surface area contributed by atoms with Crippen LogP contribution in [0.2, 0.25) is 0 Å². The summed E-state index contributed by atoms with van der Waals surface area (Å²) in [6.45, 7) is 4.86. The second kappa shape index (κ2) is 5.60. The zero-order valence-corrected chi connectivity index (χ0v) is 12.7. The van der Waals surface area contributed by atoms with Crippen LogP contribution in [0.1, 0.15) is 31.2 Å². The lowest BCUT2D eigenvalue weighted by Crippen LogP contribution is -2.03. The van der Waals surface area contributed by atoms with E-state index in [-0.39, 0.29) is 0 Å². The van der Waals surface area contributed by atoms with Gasteiger partial charge in [0.05, 0.1) is 11.0 Å². The first kappa shape index (κ1) is 13.7. The van der Waals surface area contributed by atoms with E-state index in [1.807, 2.05) is 37.4 Å². The maximum atomic E-state index is 5.85. The number of nitrogens with zero attached hydrogens (tertiary/aromatic N) is 2. The van der Waals surface area contributed by atoms with Crippen LogP contribution in [0, 0.1) is 0 Å². The lowest BCUT2D eigenvalue weighted by molar-refractivity contribution is 0.292. The number of aromatic nitrogens is 2. The molecule has 0 fully saturated rings. The summed E-state index contributed by atoms with van der Waals surface area (Å²) >= 11 is 0. The molecule has 21 heavy (non-hydrogen) atoms. The molecule has 0 aliphatic carbocycles. The molecule has 0 spiro atoms. The Morgan fingerprint density at radius 3 is 2.43 bits per heavy atom. The van der Waals surface area contributed by atoms with Crippen molar-refractivity contribution in [1.29, 1.82) is 0 Å². The van der Waals surface area contributed by atoms with Crippen molar-refractivity contribution in [3.63, 3.8) is 0 Å². The lowest BCUT2D eigenvalue weighted by Gasteiger charge is -2.09. The highest BCUT2D eigenvalue weighted by molar-refractivity contribution is 5.75. The van der Waals surface area contributed by atoms with Crippen LogP contribution >= 0.6 is 0 Å². The predicted molar refractivity (Wildman–Crippen MR) is 85.6 cm³/mol. The van der Waals surface area contributed by atoms with Crippen molar-refractivity contribution < 1.29 is 4.74 Å². The van der Waals surface area contributed by atoms with Crippen LogP contribution in [0.15, 0.2) is 48.5 Å². The van der Waals surface area contributed by atoms with E-state index >= 15 is 0 Å². The smallest absolute Gasteiger partial charge is 0.147 e. The van der Waals surface area contributed by atoms with Gasteiger partial charge in [0.15, 0.2) is 0 Å². The Bertz CT molecular complexity index is 742. The third kappa shape index (κ3) is 2.77. The monoisotopic (exact) mass is 280 g/mol. The van der Waals surface area contributed by atoms with E-state index in [4.69, 9.17) is 4.74 Å². The van der Waals surface area contributed by atoms with Crippen molar-refractivity contribution in [3.8, 4) is 5.75 Å². The van der Waals surface area contributed by atoms with Crippen molar-refractivity contribution in [2.24, 2.45) is 7.05 Å².